The summed E-state index contributed by atoms with van der Waals surface area (Å²) in [5.41, 5.74) is 0. The first kappa shape index (κ1) is 15.4. The molecule has 0 aromatic heterocycles. The molecule has 18 heavy (non-hydrogen) atoms. The van der Waals surface area contributed by atoms with E-state index in [9.17, 15) is 13.2 Å². The molecule has 0 aliphatic heterocycles. The highest BCUT2D eigenvalue weighted by Gasteiger charge is 2.19. The number of sulfonamides is 1. The number of nitrogens with one attached hydrogen (secondary N) is 1. The third kappa shape index (κ3) is 6.35. The Hall–Kier alpha value is -0.620. The topological polar surface area (TPSA) is 83.5 Å². The third-order valence-corrected chi connectivity index (χ3v) is 4.89. The van der Waals surface area contributed by atoms with Gasteiger partial charge < -0.3 is 5.11 Å². The van der Waals surface area contributed by atoms with Crippen molar-refractivity contribution in [3.8, 4) is 0 Å². The van der Waals surface area contributed by atoms with Crippen molar-refractivity contribution >= 4 is 16.0 Å². The van der Waals surface area contributed by atoms with Crippen LogP contribution in [-0.4, -0.2) is 31.8 Å². The molecule has 0 amide bonds. The Morgan fingerprint density at radius 1 is 1.39 bits per heavy atom. The highest BCUT2D eigenvalue weighted by atomic mass is 32.2. The van der Waals surface area contributed by atoms with Crippen molar-refractivity contribution in [3.05, 3.63) is 0 Å². The van der Waals surface area contributed by atoms with Gasteiger partial charge in [0.05, 0.1) is 12.2 Å². The number of carboxylic acids is 1. The van der Waals surface area contributed by atoms with Gasteiger partial charge in [-0.2, -0.15) is 0 Å². The first-order chi connectivity index (χ1) is 8.39. The fourth-order valence-electron chi connectivity index (χ4n) is 2.53. The maximum Gasteiger partial charge on any atom is 0.304 e. The van der Waals surface area contributed by atoms with Crippen LogP contribution in [0.3, 0.4) is 0 Å². The Bertz CT molecular complexity index is 366. The molecule has 5 nitrogen and oxygen atoms in total. The van der Waals surface area contributed by atoms with Crippen molar-refractivity contribution in [2.75, 3.05) is 12.3 Å². The summed E-state index contributed by atoms with van der Waals surface area (Å²) in [5.74, 6) is -0.0617. The fourth-order valence-corrected chi connectivity index (χ4v) is 3.55. The second-order valence-corrected chi connectivity index (χ2v) is 7.21. The van der Waals surface area contributed by atoms with E-state index in [-0.39, 0.29) is 12.2 Å². The van der Waals surface area contributed by atoms with Crippen molar-refractivity contribution in [2.45, 2.75) is 45.4 Å². The van der Waals surface area contributed by atoms with E-state index in [4.69, 9.17) is 5.11 Å². The van der Waals surface area contributed by atoms with Crippen LogP contribution >= 0.6 is 0 Å². The molecule has 0 saturated heterocycles. The van der Waals surface area contributed by atoms with Crippen LogP contribution in [0, 0.1) is 11.8 Å². The molecule has 0 heterocycles. The Morgan fingerprint density at radius 3 is 2.72 bits per heavy atom. The van der Waals surface area contributed by atoms with Gasteiger partial charge in [0.2, 0.25) is 10.0 Å². The summed E-state index contributed by atoms with van der Waals surface area (Å²) in [5, 5.41) is 8.44. The molecular weight excluding hydrogens is 254 g/mol. The predicted octanol–water partition coefficient (Wildman–Crippen LogP) is 1.60. The average Bonchev–Trinajstić information content (AvgIpc) is 2.26. The molecule has 1 saturated carbocycles. The molecule has 0 spiro atoms. The van der Waals surface area contributed by atoms with Gasteiger partial charge in [0.25, 0.3) is 0 Å². The maximum atomic E-state index is 11.5. The smallest absolute Gasteiger partial charge is 0.304 e. The summed E-state index contributed by atoms with van der Waals surface area (Å²) in [6, 6.07) is 0. The summed E-state index contributed by atoms with van der Waals surface area (Å²) >= 11 is 0. The van der Waals surface area contributed by atoms with Crippen molar-refractivity contribution in [3.63, 3.8) is 0 Å². The summed E-state index contributed by atoms with van der Waals surface area (Å²) in [6.45, 7) is 2.67. The van der Waals surface area contributed by atoms with Gasteiger partial charge in [-0.05, 0) is 24.7 Å². The first-order valence-corrected chi connectivity index (χ1v) is 8.23. The van der Waals surface area contributed by atoms with E-state index in [0.717, 1.165) is 12.3 Å². The molecule has 2 N–H and O–H groups in total. The lowest BCUT2D eigenvalue weighted by Gasteiger charge is -2.26. The zero-order chi connectivity index (χ0) is 13.6. The van der Waals surface area contributed by atoms with E-state index < -0.39 is 16.0 Å². The molecule has 1 aliphatic rings. The van der Waals surface area contributed by atoms with Crippen LogP contribution in [0.2, 0.25) is 0 Å². The average molecular weight is 277 g/mol. The number of rotatable bonds is 7. The van der Waals surface area contributed by atoms with E-state index in [1.807, 2.05) is 0 Å². The van der Waals surface area contributed by atoms with Gasteiger partial charge in [0.1, 0.15) is 0 Å². The maximum absolute atomic E-state index is 11.5. The Balaban J connectivity index is 2.21. The zero-order valence-corrected chi connectivity index (χ0v) is 11.7. The van der Waals surface area contributed by atoms with E-state index in [1.54, 1.807) is 0 Å². The Morgan fingerprint density at radius 2 is 2.11 bits per heavy atom. The standard InChI is InChI=1S/C12H23NO4S/c1-10-3-2-4-11(9-10)5-7-13-18(16,17)8-6-12(14)15/h10-11,13H,2-9H2,1H3,(H,14,15). The lowest BCUT2D eigenvalue weighted by molar-refractivity contribution is -0.136. The van der Waals surface area contributed by atoms with Crippen LogP contribution in [0.5, 0.6) is 0 Å². The van der Waals surface area contributed by atoms with E-state index in [1.165, 1.54) is 25.7 Å². The van der Waals surface area contributed by atoms with Crippen LogP contribution in [0.25, 0.3) is 0 Å². The molecule has 2 atom stereocenters. The minimum Gasteiger partial charge on any atom is -0.481 e. The van der Waals surface area contributed by atoms with Gasteiger partial charge in [0, 0.05) is 6.54 Å². The minimum atomic E-state index is -3.42. The quantitative estimate of drug-likeness (QED) is 0.740. The number of aliphatic carboxylic acids is 1. The monoisotopic (exact) mass is 277 g/mol. The SMILES string of the molecule is CC1CCCC(CCNS(=O)(=O)CCC(=O)O)C1. The van der Waals surface area contributed by atoms with Crippen molar-refractivity contribution < 1.29 is 18.3 Å². The Labute approximate surface area is 109 Å². The second-order valence-electron chi connectivity index (χ2n) is 5.28. The molecule has 2 unspecified atom stereocenters. The van der Waals surface area contributed by atoms with E-state index >= 15 is 0 Å². The van der Waals surface area contributed by atoms with Crippen molar-refractivity contribution in [1.29, 1.82) is 0 Å². The van der Waals surface area contributed by atoms with Crippen molar-refractivity contribution in [2.24, 2.45) is 11.8 Å². The normalized spacial score (nSPS) is 24.9. The largest absolute Gasteiger partial charge is 0.481 e. The van der Waals surface area contributed by atoms with Crippen LogP contribution in [-0.2, 0) is 14.8 Å². The molecule has 106 valence electrons. The molecular formula is C12H23NO4S. The summed E-state index contributed by atoms with van der Waals surface area (Å²) in [4.78, 5) is 10.3. The molecule has 6 heteroatoms. The molecule has 0 bridgehead atoms. The highest BCUT2D eigenvalue weighted by molar-refractivity contribution is 7.89. The number of hydrogen-bond donors (Lipinski definition) is 2. The van der Waals surface area contributed by atoms with Crippen LogP contribution < -0.4 is 4.72 Å². The third-order valence-electron chi connectivity index (χ3n) is 3.50. The molecule has 0 aromatic rings. The van der Waals surface area contributed by atoms with E-state index in [0.29, 0.717) is 12.5 Å². The molecule has 1 fully saturated rings. The minimum absolute atomic E-state index is 0.330. The fraction of sp³-hybridized carbons (Fsp3) is 0.917. The lowest BCUT2D eigenvalue weighted by atomic mass is 9.81. The summed E-state index contributed by atoms with van der Waals surface area (Å²) < 4.78 is 25.4. The lowest BCUT2D eigenvalue weighted by Crippen LogP contribution is -2.30. The predicted molar refractivity (Wildman–Crippen MR) is 69.8 cm³/mol. The summed E-state index contributed by atoms with van der Waals surface area (Å²) in [7, 11) is -3.42. The molecule has 1 aliphatic carbocycles. The van der Waals surface area contributed by atoms with Crippen LogP contribution in [0.1, 0.15) is 45.4 Å². The number of hydrogen-bond acceptors (Lipinski definition) is 3. The van der Waals surface area contributed by atoms with Gasteiger partial charge in [-0.25, -0.2) is 13.1 Å². The molecule has 0 aromatic carbocycles. The van der Waals surface area contributed by atoms with Gasteiger partial charge in [-0.3, -0.25) is 4.79 Å². The molecule has 1 rings (SSSR count). The van der Waals surface area contributed by atoms with Crippen molar-refractivity contribution in [1.82, 2.24) is 4.72 Å². The summed E-state index contributed by atoms with van der Waals surface area (Å²) in [6.07, 6.45) is 5.39. The second kappa shape index (κ2) is 7.09. The number of carboxylic acid groups (broad SMARTS) is 1. The molecule has 0 radical (unpaired) electrons. The van der Waals surface area contributed by atoms with Gasteiger partial charge in [0.15, 0.2) is 0 Å². The first-order valence-electron chi connectivity index (χ1n) is 6.58. The van der Waals surface area contributed by atoms with E-state index in [2.05, 4.69) is 11.6 Å². The number of carbonyl (C=O) groups is 1. The zero-order valence-electron chi connectivity index (χ0n) is 10.9. The van der Waals surface area contributed by atoms with Crippen LogP contribution in [0.4, 0.5) is 0 Å². The van der Waals surface area contributed by atoms with Crippen LogP contribution in [0.15, 0.2) is 0 Å². The Kier molecular flexibility index (Phi) is 6.08. The van der Waals surface area contributed by atoms with Gasteiger partial charge >= 0.3 is 5.97 Å². The van der Waals surface area contributed by atoms with Gasteiger partial charge in [-0.1, -0.05) is 26.2 Å². The highest BCUT2D eigenvalue weighted by Crippen LogP contribution is 2.30. The van der Waals surface area contributed by atoms with Gasteiger partial charge in [-0.15, -0.1) is 0 Å².